The van der Waals surface area contributed by atoms with E-state index in [0.717, 1.165) is 42.9 Å². The number of fused-ring (bicyclic) bond motifs is 1. The van der Waals surface area contributed by atoms with Gasteiger partial charge >= 0.3 is 11.6 Å². The summed E-state index contributed by atoms with van der Waals surface area (Å²) in [5, 5.41) is 4.35. The van der Waals surface area contributed by atoms with Gasteiger partial charge in [-0.15, -0.1) is 0 Å². The topological polar surface area (TPSA) is 97.5 Å². The van der Waals surface area contributed by atoms with Crippen LogP contribution in [0.15, 0.2) is 25.2 Å². The largest absolute Gasteiger partial charge is 0.403 e. The van der Waals surface area contributed by atoms with Crippen molar-refractivity contribution in [2.24, 2.45) is 5.16 Å². The minimum Gasteiger partial charge on any atom is -0.403 e. The zero-order valence-corrected chi connectivity index (χ0v) is 18.3. The summed E-state index contributed by atoms with van der Waals surface area (Å²) in [6.45, 7) is 10.0. The minimum atomic E-state index is -0.520. The van der Waals surface area contributed by atoms with Gasteiger partial charge < -0.3 is 9.25 Å². The molecule has 0 aliphatic carbocycles. The van der Waals surface area contributed by atoms with Gasteiger partial charge in [-0.1, -0.05) is 46.2 Å². The lowest BCUT2D eigenvalue weighted by molar-refractivity contribution is 0.309. The average molecular weight is 410 g/mol. The molecule has 3 heterocycles. The fourth-order valence-corrected chi connectivity index (χ4v) is 3.51. The van der Waals surface area contributed by atoms with Crippen LogP contribution >= 0.6 is 11.8 Å². The molecule has 1 N–H and O–H groups in total. The van der Waals surface area contributed by atoms with Crippen molar-refractivity contribution < 1.29 is 9.25 Å². The molecule has 0 unspecified atom stereocenters. The van der Waals surface area contributed by atoms with Crippen molar-refractivity contribution in [3.05, 3.63) is 32.4 Å². The van der Waals surface area contributed by atoms with Gasteiger partial charge in [-0.05, 0) is 42.8 Å². The summed E-state index contributed by atoms with van der Waals surface area (Å²) in [7, 11) is 0. The molecule has 28 heavy (non-hydrogen) atoms. The monoisotopic (exact) mass is 409 g/mol. The summed E-state index contributed by atoms with van der Waals surface area (Å²) in [5.41, 5.74) is 0.679. The van der Waals surface area contributed by atoms with E-state index in [-0.39, 0.29) is 17.3 Å². The Bertz CT molecular complexity index is 866. The van der Waals surface area contributed by atoms with E-state index in [9.17, 15) is 9.59 Å². The van der Waals surface area contributed by atoms with Crippen LogP contribution in [-0.2, 0) is 6.42 Å². The molecule has 0 atom stereocenters. The van der Waals surface area contributed by atoms with E-state index in [1.54, 1.807) is 0 Å². The van der Waals surface area contributed by atoms with Gasteiger partial charge in [-0.25, -0.2) is 4.79 Å². The van der Waals surface area contributed by atoms with E-state index in [1.165, 1.54) is 6.07 Å². The first kappa shape index (κ1) is 23.9. The Labute approximate surface area is 170 Å². The van der Waals surface area contributed by atoms with E-state index in [1.807, 2.05) is 46.4 Å². The third-order valence-electron chi connectivity index (χ3n) is 3.81. The van der Waals surface area contributed by atoms with E-state index >= 15 is 0 Å². The van der Waals surface area contributed by atoms with Crippen molar-refractivity contribution in [2.75, 3.05) is 11.5 Å². The van der Waals surface area contributed by atoms with Crippen LogP contribution in [0.1, 0.15) is 65.9 Å². The Morgan fingerprint density at radius 2 is 1.89 bits per heavy atom. The van der Waals surface area contributed by atoms with E-state index < -0.39 is 5.63 Å². The van der Waals surface area contributed by atoms with Gasteiger partial charge in [0.15, 0.2) is 0 Å². The van der Waals surface area contributed by atoms with Crippen LogP contribution in [0, 0.1) is 0 Å². The molecule has 3 rings (SSSR count). The highest BCUT2D eigenvalue weighted by Crippen LogP contribution is 2.17. The number of aryl methyl sites for hydroxylation is 1. The summed E-state index contributed by atoms with van der Waals surface area (Å²) in [4.78, 5) is 36.0. The molecule has 0 aromatic carbocycles. The third-order valence-corrected chi connectivity index (χ3v) is 4.79. The van der Waals surface area contributed by atoms with Crippen LogP contribution in [0.3, 0.4) is 0 Å². The molecule has 0 radical (unpaired) electrons. The predicted molar refractivity (Wildman–Crippen MR) is 117 cm³/mol. The predicted octanol–water partition coefficient (Wildman–Crippen LogP) is 4.53. The lowest BCUT2D eigenvalue weighted by atomic mass is 10.1. The molecule has 0 amide bonds. The molecule has 1 fully saturated rings. The normalized spacial score (nSPS) is 13.1. The number of nitrogens with one attached hydrogen (secondary N) is 1. The lowest BCUT2D eigenvalue weighted by Gasteiger charge is -2.11. The standard InChI is InChI=1S/C16H19N3O4S.2C2H6/c1-2-3-4-10-9-12(20)22-15-13(10)14(21)17-16(18-15)23-19-11-5-7-24-8-6-11;2*1-2/h9H,2-8H2,1H3,(H,17,18,21);2*1-2H3. The van der Waals surface area contributed by atoms with Crippen molar-refractivity contribution >= 4 is 28.6 Å². The molecule has 7 nitrogen and oxygen atoms in total. The summed E-state index contributed by atoms with van der Waals surface area (Å²) < 4.78 is 5.08. The van der Waals surface area contributed by atoms with E-state index in [4.69, 9.17) is 9.25 Å². The number of unbranched alkanes of at least 4 members (excludes halogenated alkanes) is 1. The van der Waals surface area contributed by atoms with Gasteiger partial charge in [0.25, 0.3) is 5.56 Å². The van der Waals surface area contributed by atoms with E-state index in [2.05, 4.69) is 15.1 Å². The smallest absolute Gasteiger partial charge is 0.337 e. The maximum atomic E-state index is 12.4. The quantitative estimate of drug-likeness (QED) is 0.729. The molecule has 0 spiro atoms. The molecule has 156 valence electrons. The van der Waals surface area contributed by atoms with Gasteiger partial charge in [-0.3, -0.25) is 9.78 Å². The number of hydrogen-bond donors (Lipinski definition) is 1. The van der Waals surface area contributed by atoms with Crippen LogP contribution in [-0.4, -0.2) is 27.2 Å². The molecule has 1 aliphatic rings. The molecule has 2 aromatic heterocycles. The van der Waals surface area contributed by atoms with Crippen LogP contribution in [0.4, 0.5) is 0 Å². The lowest BCUT2D eigenvalue weighted by Crippen LogP contribution is -2.15. The van der Waals surface area contributed by atoms with Crippen molar-refractivity contribution in [3.63, 3.8) is 0 Å². The number of nitrogens with zero attached hydrogens (tertiary/aromatic N) is 2. The maximum absolute atomic E-state index is 12.4. The molecule has 0 bridgehead atoms. The molecule has 8 heteroatoms. The second-order valence-corrected chi connectivity index (χ2v) is 6.83. The summed E-state index contributed by atoms with van der Waals surface area (Å²) in [6, 6.07) is 1.30. The highest BCUT2D eigenvalue weighted by atomic mass is 32.2. The second-order valence-electron chi connectivity index (χ2n) is 5.61. The summed E-state index contributed by atoms with van der Waals surface area (Å²) >= 11 is 1.87. The highest BCUT2D eigenvalue weighted by Gasteiger charge is 2.14. The Morgan fingerprint density at radius 3 is 2.54 bits per heavy atom. The van der Waals surface area contributed by atoms with Gasteiger partial charge in [0, 0.05) is 6.07 Å². The number of oxime groups is 1. The van der Waals surface area contributed by atoms with Gasteiger partial charge in [0.05, 0.1) is 5.71 Å². The zero-order valence-electron chi connectivity index (χ0n) is 17.5. The SMILES string of the molecule is CC.CC.CCCCc1cc(=O)oc2nc(ON=C3CCSCC3)[nH]c(=O)c12. The number of rotatable bonds is 5. The summed E-state index contributed by atoms with van der Waals surface area (Å²) in [6.07, 6.45) is 4.19. The van der Waals surface area contributed by atoms with Crippen LogP contribution < -0.4 is 16.0 Å². The zero-order chi connectivity index (χ0) is 20.9. The fourth-order valence-electron chi connectivity index (χ4n) is 2.54. The Balaban J connectivity index is 0.000000921. The first-order chi connectivity index (χ1) is 13.7. The molecule has 1 saturated heterocycles. The maximum Gasteiger partial charge on any atom is 0.337 e. The Kier molecular flexibility index (Phi) is 11.2. The number of aromatic amines is 1. The molecular weight excluding hydrogens is 378 g/mol. The van der Waals surface area contributed by atoms with Crippen molar-refractivity contribution in [2.45, 2.75) is 66.7 Å². The number of H-pyrrole nitrogens is 1. The Morgan fingerprint density at radius 1 is 1.21 bits per heavy atom. The molecular formula is C20H31N3O4S. The Hall–Kier alpha value is -2.09. The minimum absolute atomic E-state index is 0.00764. The van der Waals surface area contributed by atoms with Crippen molar-refractivity contribution in [1.29, 1.82) is 0 Å². The average Bonchev–Trinajstić information content (AvgIpc) is 2.73. The van der Waals surface area contributed by atoms with Crippen LogP contribution in [0.2, 0.25) is 0 Å². The molecule has 2 aromatic rings. The first-order valence-electron chi connectivity index (χ1n) is 10.0. The van der Waals surface area contributed by atoms with Gasteiger partial charge in [0.1, 0.15) is 5.39 Å². The first-order valence-corrected chi connectivity index (χ1v) is 11.2. The number of aromatic nitrogens is 2. The van der Waals surface area contributed by atoms with Crippen molar-refractivity contribution in [3.8, 4) is 6.01 Å². The number of thioether (sulfide) groups is 1. The van der Waals surface area contributed by atoms with E-state index in [0.29, 0.717) is 17.4 Å². The second kappa shape index (κ2) is 13.1. The fraction of sp³-hybridized carbons (Fsp3) is 0.600. The highest BCUT2D eigenvalue weighted by molar-refractivity contribution is 7.99. The molecule has 0 saturated carbocycles. The number of hydrogen-bond acceptors (Lipinski definition) is 7. The van der Waals surface area contributed by atoms with Crippen LogP contribution in [0.5, 0.6) is 6.01 Å². The van der Waals surface area contributed by atoms with Gasteiger partial charge in [-0.2, -0.15) is 16.7 Å². The third kappa shape index (κ3) is 6.82. The van der Waals surface area contributed by atoms with Crippen LogP contribution in [0.25, 0.3) is 11.1 Å². The van der Waals surface area contributed by atoms with Crippen molar-refractivity contribution in [1.82, 2.24) is 9.97 Å². The molecule has 1 aliphatic heterocycles. The van der Waals surface area contributed by atoms with Gasteiger partial charge in [0.2, 0.25) is 5.71 Å². The summed E-state index contributed by atoms with van der Waals surface area (Å²) in [5.74, 6) is 2.03.